The van der Waals surface area contributed by atoms with Crippen LogP contribution < -0.4 is 10.6 Å². The molecule has 0 amide bonds. The van der Waals surface area contributed by atoms with Crippen LogP contribution in [0.3, 0.4) is 0 Å². The van der Waals surface area contributed by atoms with Crippen LogP contribution in [0.1, 0.15) is 24.1 Å². The third-order valence-electron chi connectivity index (χ3n) is 3.25. The Hall–Kier alpha value is -2.31. The number of nitrogens with zero attached hydrogens (tertiary/aromatic N) is 2. The van der Waals surface area contributed by atoms with Gasteiger partial charge in [0, 0.05) is 23.5 Å². The van der Waals surface area contributed by atoms with Crippen molar-refractivity contribution in [2.45, 2.75) is 32.0 Å². The molecule has 0 unspecified atom stereocenters. The molecule has 116 valence electrons. The standard InChI is InChI=1S/C15H15F3N4/c1-9-8-13(20-11-6-7-11)22-14(19-9)21-12-4-2-10(3-5-12)15(16,17)18/h2-5,8,11H,6-7H2,1H3,(H2,19,20,21,22). The Morgan fingerprint density at radius 3 is 2.36 bits per heavy atom. The van der Waals surface area contributed by atoms with Crippen LogP contribution in [0, 0.1) is 6.92 Å². The summed E-state index contributed by atoms with van der Waals surface area (Å²) in [5.74, 6) is 1.09. The van der Waals surface area contributed by atoms with Crippen molar-refractivity contribution in [3.8, 4) is 0 Å². The van der Waals surface area contributed by atoms with Crippen molar-refractivity contribution >= 4 is 17.5 Å². The van der Waals surface area contributed by atoms with E-state index in [9.17, 15) is 13.2 Å². The van der Waals surface area contributed by atoms with Crippen molar-refractivity contribution in [3.05, 3.63) is 41.6 Å². The van der Waals surface area contributed by atoms with Crippen LogP contribution in [-0.2, 0) is 6.18 Å². The first kappa shape index (κ1) is 14.6. The Morgan fingerprint density at radius 2 is 1.77 bits per heavy atom. The van der Waals surface area contributed by atoms with Crippen molar-refractivity contribution in [2.75, 3.05) is 10.6 Å². The minimum absolute atomic E-state index is 0.364. The first-order chi connectivity index (χ1) is 10.4. The van der Waals surface area contributed by atoms with Crippen LogP contribution >= 0.6 is 0 Å². The van der Waals surface area contributed by atoms with E-state index in [4.69, 9.17) is 0 Å². The highest BCUT2D eigenvalue weighted by Crippen LogP contribution is 2.30. The molecule has 3 rings (SSSR count). The highest BCUT2D eigenvalue weighted by molar-refractivity contribution is 5.56. The fraction of sp³-hybridized carbons (Fsp3) is 0.333. The number of alkyl halides is 3. The summed E-state index contributed by atoms with van der Waals surface area (Å²) in [6.07, 6.45) is -2.07. The number of halogens is 3. The summed E-state index contributed by atoms with van der Waals surface area (Å²) in [6, 6.07) is 7.10. The van der Waals surface area contributed by atoms with Gasteiger partial charge in [-0.15, -0.1) is 0 Å². The Kier molecular flexibility index (Phi) is 3.64. The van der Waals surface area contributed by atoms with Crippen molar-refractivity contribution in [1.29, 1.82) is 0 Å². The Balaban J connectivity index is 1.75. The van der Waals surface area contributed by atoms with Gasteiger partial charge in [-0.1, -0.05) is 0 Å². The molecule has 1 aromatic heterocycles. The van der Waals surface area contributed by atoms with Gasteiger partial charge in [0.2, 0.25) is 5.95 Å². The van der Waals surface area contributed by atoms with E-state index < -0.39 is 11.7 Å². The molecule has 1 aliphatic carbocycles. The van der Waals surface area contributed by atoms with Crippen LogP contribution in [0.15, 0.2) is 30.3 Å². The fourth-order valence-electron chi connectivity index (χ4n) is 2.01. The average Bonchev–Trinajstić information content (AvgIpc) is 3.21. The first-order valence-electron chi connectivity index (χ1n) is 6.97. The Bertz CT molecular complexity index is 663. The molecule has 1 aromatic carbocycles. The van der Waals surface area contributed by atoms with E-state index in [1.807, 2.05) is 13.0 Å². The lowest BCUT2D eigenvalue weighted by atomic mass is 10.2. The van der Waals surface area contributed by atoms with Gasteiger partial charge < -0.3 is 10.6 Å². The Morgan fingerprint density at radius 1 is 1.09 bits per heavy atom. The Labute approximate surface area is 125 Å². The number of aromatic nitrogens is 2. The van der Waals surface area contributed by atoms with Gasteiger partial charge in [0.25, 0.3) is 0 Å². The fourth-order valence-corrected chi connectivity index (χ4v) is 2.01. The normalized spacial score (nSPS) is 14.7. The summed E-state index contributed by atoms with van der Waals surface area (Å²) >= 11 is 0. The third kappa shape index (κ3) is 3.66. The van der Waals surface area contributed by atoms with Crippen LogP contribution in [-0.4, -0.2) is 16.0 Å². The SMILES string of the molecule is Cc1cc(NC2CC2)nc(Nc2ccc(C(F)(F)F)cc2)n1. The lowest BCUT2D eigenvalue weighted by Crippen LogP contribution is -2.07. The second-order valence-electron chi connectivity index (χ2n) is 5.34. The molecule has 7 heteroatoms. The smallest absolute Gasteiger partial charge is 0.367 e. The van der Waals surface area contributed by atoms with E-state index in [2.05, 4.69) is 20.6 Å². The molecule has 1 heterocycles. The van der Waals surface area contributed by atoms with Gasteiger partial charge in [0.05, 0.1) is 5.56 Å². The van der Waals surface area contributed by atoms with Gasteiger partial charge in [0.15, 0.2) is 0 Å². The molecule has 2 N–H and O–H groups in total. The highest BCUT2D eigenvalue weighted by Gasteiger charge is 2.30. The van der Waals surface area contributed by atoms with Crippen LogP contribution in [0.5, 0.6) is 0 Å². The quantitative estimate of drug-likeness (QED) is 0.892. The molecule has 0 radical (unpaired) electrons. The first-order valence-corrected chi connectivity index (χ1v) is 6.97. The van der Waals surface area contributed by atoms with Gasteiger partial charge >= 0.3 is 6.18 Å². The number of nitrogens with one attached hydrogen (secondary N) is 2. The predicted octanol–water partition coefficient (Wildman–Crippen LogP) is 4.12. The zero-order valence-electron chi connectivity index (χ0n) is 11.9. The van der Waals surface area contributed by atoms with Crippen molar-refractivity contribution in [1.82, 2.24) is 9.97 Å². The monoisotopic (exact) mass is 308 g/mol. The molecule has 2 aromatic rings. The molecule has 1 aliphatic rings. The van der Waals surface area contributed by atoms with Crippen LogP contribution in [0.2, 0.25) is 0 Å². The number of hydrogen-bond donors (Lipinski definition) is 2. The number of aryl methyl sites for hydroxylation is 1. The largest absolute Gasteiger partial charge is 0.416 e. The highest BCUT2D eigenvalue weighted by atomic mass is 19.4. The number of anilines is 3. The average molecular weight is 308 g/mol. The second-order valence-corrected chi connectivity index (χ2v) is 5.34. The van der Waals surface area contributed by atoms with E-state index in [0.29, 0.717) is 17.7 Å². The van der Waals surface area contributed by atoms with Crippen molar-refractivity contribution in [3.63, 3.8) is 0 Å². The van der Waals surface area contributed by atoms with Crippen LogP contribution in [0.4, 0.5) is 30.6 Å². The number of hydrogen-bond acceptors (Lipinski definition) is 4. The molecular weight excluding hydrogens is 293 g/mol. The van der Waals surface area contributed by atoms with E-state index in [1.54, 1.807) is 0 Å². The maximum atomic E-state index is 12.5. The maximum absolute atomic E-state index is 12.5. The number of rotatable bonds is 4. The lowest BCUT2D eigenvalue weighted by molar-refractivity contribution is -0.137. The molecule has 0 saturated heterocycles. The van der Waals surface area contributed by atoms with Gasteiger partial charge in [0.1, 0.15) is 5.82 Å². The van der Waals surface area contributed by atoms with E-state index in [0.717, 1.165) is 36.5 Å². The van der Waals surface area contributed by atoms with Gasteiger partial charge in [-0.2, -0.15) is 18.2 Å². The van der Waals surface area contributed by atoms with Crippen molar-refractivity contribution in [2.24, 2.45) is 0 Å². The topological polar surface area (TPSA) is 49.8 Å². The van der Waals surface area contributed by atoms with Crippen molar-refractivity contribution < 1.29 is 13.2 Å². The molecule has 22 heavy (non-hydrogen) atoms. The lowest BCUT2D eigenvalue weighted by Gasteiger charge is -2.10. The van der Waals surface area contributed by atoms with Gasteiger partial charge in [-0.25, -0.2) is 4.98 Å². The van der Waals surface area contributed by atoms with E-state index >= 15 is 0 Å². The zero-order chi connectivity index (χ0) is 15.7. The molecule has 0 bridgehead atoms. The minimum Gasteiger partial charge on any atom is -0.367 e. The predicted molar refractivity (Wildman–Crippen MR) is 78.1 cm³/mol. The molecular formula is C15H15F3N4. The summed E-state index contributed by atoms with van der Waals surface area (Å²) in [7, 11) is 0. The third-order valence-corrected chi connectivity index (χ3v) is 3.25. The van der Waals surface area contributed by atoms with E-state index in [-0.39, 0.29) is 0 Å². The summed E-state index contributed by atoms with van der Waals surface area (Å²) < 4.78 is 37.6. The van der Waals surface area contributed by atoms with Crippen LogP contribution in [0.25, 0.3) is 0 Å². The second kappa shape index (κ2) is 5.47. The van der Waals surface area contributed by atoms with E-state index in [1.165, 1.54) is 12.1 Å². The van der Waals surface area contributed by atoms with Gasteiger partial charge in [-0.3, -0.25) is 0 Å². The molecule has 1 fully saturated rings. The zero-order valence-corrected chi connectivity index (χ0v) is 11.9. The summed E-state index contributed by atoms with van der Waals surface area (Å²) in [6.45, 7) is 1.84. The molecule has 1 saturated carbocycles. The minimum atomic E-state index is -4.33. The summed E-state index contributed by atoms with van der Waals surface area (Å²) in [5, 5.41) is 6.20. The van der Waals surface area contributed by atoms with Gasteiger partial charge in [-0.05, 0) is 44.0 Å². The maximum Gasteiger partial charge on any atom is 0.416 e. The molecule has 0 atom stereocenters. The molecule has 4 nitrogen and oxygen atoms in total. The molecule has 0 aliphatic heterocycles. The molecule has 0 spiro atoms. The number of benzene rings is 1. The summed E-state index contributed by atoms with van der Waals surface area (Å²) in [5.41, 5.74) is 0.614. The summed E-state index contributed by atoms with van der Waals surface area (Å²) in [4.78, 5) is 8.57.